The molecule has 1 unspecified atom stereocenters. The molecule has 2 fully saturated rings. The van der Waals surface area contributed by atoms with Gasteiger partial charge in [0.15, 0.2) is 0 Å². The van der Waals surface area contributed by atoms with Crippen LogP contribution in [0, 0.1) is 5.92 Å². The van der Waals surface area contributed by atoms with E-state index in [1.54, 1.807) is 0 Å². The second-order valence-corrected chi connectivity index (χ2v) is 10.1. The van der Waals surface area contributed by atoms with Crippen LogP contribution in [0.5, 0.6) is 0 Å². The van der Waals surface area contributed by atoms with Crippen molar-refractivity contribution in [3.63, 3.8) is 0 Å². The van der Waals surface area contributed by atoms with Crippen LogP contribution < -0.4 is 10.6 Å². The molecule has 3 rings (SSSR count). The van der Waals surface area contributed by atoms with Gasteiger partial charge in [-0.25, -0.2) is 4.79 Å². The molecule has 1 aromatic rings. The summed E-state index contributed by atoms with van der Waals surface area (Å²) in [6, 6.07) is 11.1. The maximum absolute atomic E-state index is 13.3. The van der Waals surface area contributed by atoms with E-state index < -0.39 is 0 Å². The van der Waals surface area contributed by atoms with Crippen molar-refractivity contribution in [2.75, 3.05) is 39.9 Å². The molecular weight excluding hydrogens is 422 g/mol. The molecule has 190 valence electrons. The molecule has 5 nitrogen and oxygen atoms in total. The normalized spacial score (nSPS) is 19.6. The zero-order chi connectivity index (χ0) is 24.0. The first kappa shape index (κ1) is 26.7. The number of carbonyl (C=O) groups is 1. The van der Waals surface area contributed by atoms with Gasteiger partial charge < -0.3 is 20.3 Å². The quantitative estimate of drug-likeness (QED) is 0.369. The zero-order valence-electron chi connectivity index (χ0n) is 21.6. The number of carbonyl (C=O) groups excluding carboxylic acids is 1. The smallest absolute Gasteiger partial charge is 0.317 e. The minimum absolute atomic E-state index is 0.108. The molecule has 2 N–H and O–H groups in total. The Labute approximate surface area is 207 Å². The van der Waals surface area contributed by atoms with Gasteiger partial charge in [-0.2, -0.15) is 0 Å². The fourth-order valence-electron chi connectivity index (χ4n) is 5.64. The van der Waals surface area contributed by atoms with Gasteiger partial charge in [0.2, 0.25) is 0 Å². The highest BCUT2D eigenvalue weighted by Crippen LogP contribution is 2.30. The van der Waals surface area contributed by atoms with E-state index >= 15 is 0 Å². The van der Waals surface area contributed by atoms with Crippen LogP contribution in [0.2, 0.25) is 0 Å². The summed E-state index contributed by atoms with van der Waals surface area (Å²) in [6.07, 6.45) is 13.2. The molecule has 1 aliphatic heterocycles. The first-order valence-corrected chi connectivity index (χ1v) is 13.7. The Morgan fingerprint density at radius 2 is 1.91 bits per heavy atom. The van der Waals surface area contributed by atoms with Crippen molar-refractivity contribution >= 4 is 11.6 Å². The number of benzene rings is 1. The minimum Gasteiger partial charge on any atom is -0.382 e. The van der Waals surface area contributed by atoms with Gasteiger partial charge in [-0.3, -0.25) is 0 Å². The van der Waals surface area contributed by atoms with E-state index in [9.17, 15) is 4.79 Å². The number of amides is 2. The van der Waals surface area contributed by atoms with Crippen LogP contribution in [0.1, 0.15) is 83.1 Å². The average molecular weight is 470 g/mol. The Balaban J connectivity index is 1.64. The Kier molecular flexibility index (Phi) is 12.0. The molecule has 1 heterocycles. The standard InChI is InChI=1S/C29H47N3O2/c1-3-34-20-11-10-18-28(25-15-8-5-9-16-25)26-17-12-19-32(23-26)29(33)31-27(22-30-2)21-24-13-6-4-7-14-24/h5,8-9,15-16,24,27,30H,3-4,6-7,10-14,17-23H2,1-2H3,(H,31,33). The molecule has 1 atom stereocenters. The highest BCUT2D eigenvalue weighted by molar-refractivity contribution is 5.76. The van der Waals surface area contributed by atoms with E-state index in [-0.39, 0.29) is 12.1 Å². The van der Waals surface area contributed by atoms with Crippen LogP contribution in [0.25, 0.3) is 5.57 Å². The molecule has 1 aliphatic carbocycles. The topological polar surface area (TPSA) is 53.6 Å². The number of allylic oxidation sites excluding steroid dienone is 1. The van der Waals surface area contributed by atoms with Crippen LogP contribution in [-0.2, 0) is 4.74 Å². The molecule has 1 saturated heterocycles. The van der Waals surface area contributed by atoms with Crippen molar-refractivity contribution in [3.05, 3.63) is 41.5 Å². The van der Waals surface area contributed by atoms with Crippen molar-refractivity contribution in [2.24, 2.45) is 5.92 Å². The summed E-state index contributed by atoms with van der Waals surface area (Å²) in [7, 11) is 1.99. The monoisotopic (exact) mass is 469 g/mol. The summed E-state index contributed by atoms with van der Waals surface area (Å²) >= 11 is 0. The molecular formula is C29H47N3O2. The third kappa shape index (κ3) is 8.74. The van der Waals surface area contributed by atoms with Crippen LogP contribution in [0.3, 0.4) is 0 Å². The van der Waals surface area contributed by atoms with Crippen molar-refractivity contribution in [1.29, 1.82) is 0 Å². The lowest BCUT2D eigenvalue weighted by molar-refractivity contribution is 0.144. The van der Waals surface area contributed by atoms with Crippen LogP contribution in [-0.4, -0.2) is 56.9 Å². The van der Waals surface area contributed by atoms with Crippen molar-refractivity contribution in [2.45, 2.75) is 83.6 Å². The fourth-order valence-corrected chi connectivity index (χ4v) is 5.64. The van der Waals surface area contributed by atoms with Gasteiger partial charge in [0, 0.05) is 38.9 Å². The molecule has 1 aromatic carbocycles. The summed E-state index contributed by atoms with van der Waals surface area (Å²) in [6.45, 7) is 6.10. The minimum atomic E-state index is 0.108. The number of nitrogens with one attached hydrogen (secondary N) is 2. The number of urea groups is 1. The number of likely N-dealkylation sites (tertiary alicyclic amines) is 1. The maximum Gasteiger partial charge on any atom is 0.317 e. The summed E-state index contributed by atoms with van der Waals surface area (Å²) in [5.74, 6) is 0.755. The van der Waals surface area contributed by atoms with E-state index in [1.165, 1.54) is 48.8 Å². The molecule has 2 aliphatic rings. The van der Waals surface area contributed by atoms with Crippen LogP contribution >= 0.6 is 0 Å². The van der Waals surface area contributed by atoms with Gasteiger partial charge in [0.1, 0.15) is 0 Å². The molecule has 5 heteroatoms. The second kappa shape index (κ2) is 15.2. The van der Waals surface area contributed by atoms with Crippen molar-refractivity contribution < 1.29 is 9.53 Å². The number of nitrogens with zero attached hydrogens (tertiary/aromatic N) is 1. The number of piperidine rings is 1. The van der Waals surface area contributed by atoms with Gasteiger partial charge in [-0.05, 0) is 75.1 Å². The lowest BCUT2D eigenvalue weighted by Crippen LogP contribution is -2.50. The average Bonchev–Trinajstić information content (AvgIpc) is 2.87. The third-order valence-electron chi connectivity index (χ3n) is 7.41. The predicted molar refractivity (Wildman–Crippen MR) is 142 cm³/mol. The van der Waals surface area contributed by atoms with Gasteiger partial charge in [0.05, 0.1) is 0 Å². The van der Waals surface area contributed by atoms with Crippen molar-refractivity contribution in [1.82, 2.24) is 15.5 Å². The number of unbranched alkanes of at least 4 members (excludes halogenated alkanes) is 1. The second-order valence-electron chi connectivity index (χ2n) is 10.1. The van der Waals surface area contributed by atoms with Crippen LogP contribution in [0.4, 0.5) is 4.79 Å². The predicted octanol–water partition coefficient (Wildman–Crippen LogP) is 6.01. The SMILES string of the molecule is CCOCCCCC(=C1CCCN(C(=O)NC(CNC)CC2CCCCC2)C1)c1ccccc1. The van der Waals surface area contributed by atoms with Gasteiger partial charge >= 0.3 is 6.03 Å². The first-order chi connectivity index (χ1) is 16.7. The number of hydrogen-bond acceptors (Lipinski definition) is 3. The molecule has 0 radical (unpaired) electrons. The van der Waals surface area contributed by atoms with E-state index in [2.05, 4.69) is 47.9 Å². The third-order valence-corrected chi connectivity index (χ3v) is 7.41. The molecule has 0 aromatic heterocycles. The van der Waals surface area contributed by atoms with E-state index in [4.69, 9.17) is 4.74 Å². The number of ether oxygens (including phenoxy) is 1. The zero-order valence-corrected chi connectivity index (χ0v) is 21.6. The lowest BCUT2D eigenvalue weighted by Gasteiger charge is -2.33. The van der Waals surface area contributed by atoms with Gasteiger partial charge in [-0.1, -0.05) is 62.4 Å². The molecule has 1 saturated carbocycles. The Bertz CT molecular complexity index is 743. The van der Waals surface area contributed by atoms with E-state index in [0.717, 1.165) is 77.3 Å². The van der Waals surface area contributed by atoms with Crippen molar-refractivity contribution in [3.8, 4) is 0 Å². The Hall–Kier alpha value is -1.85. The summed E-state index contributed by atoms with van der Waals surface area (Å²) < 4.78 is 5.54. The number of rotatable bonds is 12. The van der Waals surface area contributed by atoms with E-state index in [1.807, 2.05) is 11.9 Å². The van der Waals surface area contributed by atoms with E-state index in [0.29, 0.717) is 0 Å². The number of hydrogen-bond donors (Lipinski definition) is 2. The first-order valence-electron chi connectivity index (χ1n) is 13.7. The van der Waals surface area contributed by atoms with Gasteiger partial charge in [0.25, 0.3) is 0 Å². The summed E-state index contributed by atoms with van der Waals surface area (Å²) in [5.41, 5.74) is 4.17. The maximum atomic E-state index is 13.3. The molecule has 0 bridgehead atoms. The van der Waals surface area contributed by atoms with Crippen LogP contribution in [0.15, 0.2) is 35.9 Å². The summed E-state index contributed by atoms with van der Waals surface area (Å²) in [5, 5.41) is 6.68. The van der Waals surface area contributed by atoms with Gasteiger partial charge in [-0.15, -0.1) is 0 Å². The molecule has 2 amide bonds. The number of likely N-dealkylation sites (N-methyl/N-ethyl adjacent to an activating group) is 1. The Morgan fingerprint density at radius 3 is 2.65 bits per heavy atom. The lowest BCUT2D eigenvalue weighted by atomic mass is 9.85. The molecule has 34 heavy (non-hydrogen) atoms. The fraction of sp³-hybridized carbons (Fsp3) is 0.690. The highest BCUT2D eigenvalue weighted by Gasteiger charge is 2.25. The highest BCUT2D eigenvalue weighted by atomic mass is 16.5. The largest absolute Gasteiger partial charge is 0.382 e. The Morgan fingerprint density at radius 1 is 1.12 bits per heavy atom. The summed E-state index contributed by atoms with van der Waals surface area (Å²) in [4.78, 5) is 15.4. The molecule has 0 spiro atoms.